The number of furan rings is 1. The van der Waals surface area contributed by atoms with Crippen molar-refractivity contribution in [3.8, 4) is 11.3 Å². The lowest BCUT2D eigenvalue weighted by Gasteiger charge is -2.05. The second-order valence-corrected chi connectivity index (χ2v) is 4.52. The molecule has 0 amide bonds. The molecule has 3 aromatic rings. The zero-order valence-electron chi connectivity index (χ0n) is 9.69. The summed E-state index contributed by atoms with van der Waals surface area (Å²) in [5.74, 6) is 1.60. The maximum absolute atomic E-state index is 6.20. The number of nitrogens with two attached hydrogens (primary N) is 1. The third-order valence-corrected chi connectivity index (χ3v) is 3.33. The number of fused-ring (bicyclic) bond motifs is 1. The lowest BCUT2D eigenvalue weighted by molar-refractivity contribution is 0.526. The van der Waals surface area contributed by atoms with Crippen LogP contribution in [0.2, 0.25) is 5.02 Å². The standard InChI is InChI=1S/C15H12ClNO/c16-14-7-6-13(11-3-1-2-4-12(11)14)15-8-5-10(9-17)18-15/h1-8H,9,17H2. The number of halogens is 1. The number of benzene rings is 2. The van der Waals surface area contributed by atoms with Crippen LogP contribution in [0.25, 0.3) is 22.1 Å². The summed E-state index contributed by atoms with van der Waals surface area (Å²) in [5, 5.41) is 2.87. The van der Waals surface area contributed by atoms with Crippen LogP contribution in [-0.4, -0.2) is 0 Å². The van der Waals surface area contributed by atoms with E-state index >= 15 is 0 Å². The van der Waals surface area contributed by atoms with Gasteiger partial charge in [-0.3, -0.25) is 0 Å². The summed E-state index contributed by atoms with van der Waals surface area (Å²) in [6.45, 7) is 0.408. The lowest BCUT2D eigenvalue weighted by Crippen LogP contribution is -1.92. The van der Waals surface area contributed by atoms with E-state index in [9.17, 15) is 0 Å². The minimum atomic E-state index is 0.408. The Morgan fingerprint density at radius 3 is 2.44 bits per heavy atom. The fourth-order valence-corrected chi connectivity index (χ4v) is 2.34. The number of hydrogen-bond acceptors (Lipinski definition) is 2. The zero-order chi connectivity index (χ0) is 12.5. The zero-order valence-corrected chi connectivity index (χ0v) is 10.4. The Labute approximate surface area is 110 Å². The molecule has 2 N–H and O–H groups in total. The van der Waals surface area contributed by atoms with E-state index in [2.05, 4.69) is 0 Å². The highest BCUT2D eigenvalue weighted by Crippen LogP contribution is 2.33. The van der Waals surface area contributed by atoms with Gasteiger partial charge < -0.3 is 10.2 Å². The van der Waals surface area contributed by atoms with Gasteiger partial charge in [0.25, 0.3) is 0 Å². The highest BCUT2D eigenvalue weighted by Gasteiger charge is 2.09. The van der Waals surface area contributed by atoms with Gasteiger partial charge in [-0.25, -0.2) is 0 Å². The van der Waals surface area contributed by atoms with E-state index in [1.807, 2.05) is 48.5 Å². The smallest absolute Gasteiger partial charge is 0.134 e. The van der Waals surface area contributed by atoms with Crippen LogP contribution in [0.4, 0.5) is 0 Å². The maximum atomic E-state index is 6.20. The fourth-order valence-electron chi connectivity index (χ4n) is 2.11. The van der Waals surface area contributed by atoms with Crippen molar-refractivity contribution in [2.24, 2.45) is 5.73 Å². The first-order valence-electron chi connectivity index (χ1n) is 5.76. The predicted molar refractivity (Wildman–Crippen MR) is 74.6 cm³/mol. The number of hydrogen-bond donors (Lipinski definition) is 1. The summed E-state index contributed by atoms with van der Waals surface area (Å²) >= 11 is 6.20. The Bertz CT molecular complexity index is 703. The van der Waals surface area contributed by atoms with Gasteiger partial charge in [0, 0.05) is 16.0 Å². The Hall–Kier alpha value is -1.77. The van der Waals surface area contributed by atoms with Gasteiger partial charge in [0.2, 0.25) is 0 Å². The third kappa shape index (κ3) is 1.80. The first-order valence-corrected chi connectivity index (χ1v) is 6.14. The SMILES string of the molecule is NCc1ccc(-c2ccc(Cl)c3ccccc23)o1. The molecule has 0 saturated heterocycles. The molecule has 0 unspecified atom stereocenters. The molecule has 1 aromatic heterocycles. The minimum Gasteiger partial charge on any atom is -0.460 e. The Morgan fingerprint density at radius 2 is 1.72 bits per heavy atom. The molecule has 2 aromatic carbocycles. The summed E-state index contributed by atoms with van der Waals surface area (Å²) in [4.78, 5) is 0. The van der Waals surface area contributed by atoms with Crippen LogP contribution in [0.15, 0.2) is 52.9 Å². The summed E-state index contributed by atoms with van der Waals surface area (Å²) in [6.07, 6.45) is 0. The van der Waals surface area contributed by atoms with Crippen LogP contribution in [0.1, 0.15) is 5.76 Å². The molecule has 0 spiro atoms. The normalized spacial score (nSPS) is 11.0. The van der Waals surface area contributed by atoms with Crippen molar-refractivity contribution >= 4 is 22.4 Å². The van der Waals surface area contributed by atoms with Crippen LogP contribution >= 0.6 is 11.6 Å². The van der Waals surface area contributed by atoms with Crippen LogP contribution in [0.3, 0.4) is 0 Å². The molecule has 0 saturated carbocycles. The molecule has 90 valence electrons. The largest absolute Gasteiger partial charge is 0.460 e. The van der Waals surface area contributed by atoms with Crippen molar-refractivity contribution < 1.29 is 4.42 Å². The molecule has 3 rings (SSSR count). The molecule has 0 bridgehead atoms. The van der Waals surface area contributed by atoms with Crippen LogP contribution in [-0.2, 0) is 6.54 Å². The molecule has 0 aliphatic rings. The molecular weight excluding hydrogens is 246 g/mol. The van der Waals surface area contributed by atoms with E-state index in [0.29, 0.717) is 6.54 Å². The van der Waals surface area contributed by atoms with Crippen molar-refractivity contribution in [1.82, 2.24) is 0 Å². The Balaban J connectivity index is 2.26. The molecule has 2 nitrogen and oxygen atoms in total. The average Bonchev–Trinajstić information content (AvgIpc) is 2.88. The molecule has 1 heterocycles. The van der Waals surface area contributed by atoms with E-state index in [1.54, 1.807) is 0 Å². The van der Waals surface area contributed by atoms with Crippen LogP contribution in [0.5, 0.6) is 0 Å². The van der Waals surface area contributed by atoms with Crippen LogP contribution in [0, 0.1) is 0 Å². The monoisotopic (exact) mass is 257 g/mol. The van der Waals surface area contributed by atoms with Gasteiger partial charge >= 0.3 is 0 Å². The average molecular weight is 258 g/mol. The van der Waals surface area contributed by atoms with Gasteiger partial charge in [-0.1, -0.05) is 35.9 Å². The van der Waals surface area contributed by atoms with E-state index in [4.69, 9.17) is 21.8 Å². The number of rotatable bonds is 2. The first-order chi connectivity index (χ1) is 8.79. The molecule has 0 aliphatic heterocycles. The van der Waals surface area contributed by atoms with Crippen molar-refractivity contribution in [3.05, 3.63) is 59.3 Å². The molecule has 0 radical (unpaired) electrons. The van der Waals surface area contributed by atoms with Gasteiger partial charge in [-0.05, 0) is 29.7 Å². The quantitative estimate of drug-likeness (QED) is 0.747. The molecule has 0 fully saturated rings. The first kappa shape index (κ1) is 11.3. The van der Waals surface area contributed by atoms with E-state index < -0.39 is 0 Å². The van der Waals surface area contributed by atoms with Gasteiger partial charge in [-0.15, -0.1) is 0 Å². The highest BCUT2D eigenvalue weighted by atomic mass is 35.5. The summed E-state index contributed by atoms with van der Waals surface area (Å²) in [5.41, 5.74) is 6.60. The predicted octanol–water partition coefficient (Wildman–Crippen LogP) is 4.21. The van der Waals surface area contributed by atoms with E-state index in [-0.39, 0.29) is 0 Å². The second kappa shape index (κ2) is 4.48. The van der Waals surface area contributed by atoms with Crippen molar-refractivity contribution in [2.45, 2.75) is 6.54 Å². The van der Waals surface area contributed by atoms with Crippen molar-refractivity contribution in [3.63, 3.8) is 0 Å². The molecular formula is C15H12ClNO. The van der Waals surface area contributed by atoms with Gasteiger partial charge in [0.1, 0.15) is 11.5 Å². The topological polar surface area (TPSA) is 39.2 Å². The molecule has 0 aliphatic carbocycles. The summed E-state index contributed by atoms with van der Waals surface area (Å²) in [6, 6.07) is 15.7. The lowest BCUT2D eigenvalue weighted by atomic mass is 10.0. The highest BCUT2D eigenvalue weighted by molar-refractivity contribution is 6.36. The van der Waals surface area contributed by atoms with E-state index in [0.717, 1.165) is 32.9 Å². The summed E-state index contributed by atoms with van der Waals surface area (Å²) < 4.78 is 5.70. The van der Waals surface area contributed by atoms with E-state index in [1.165, 1.54) is 0 Å². The third-order valence-electron chi connectivity index (χ3n) is 3.00. The van der Waals surface area contributed by atoms with Gasteiger partial charge in [0.05, 0.1) is 6.54 Å². The van der Waals surface area contributed by atoms with Gasteiger partial charge in [0.15, 0.2) is 0 Å². The second-order valence-electron chi connectivity index (χ2n) is 4.11. The molecule has 18 heavy (non-hydrogen) atoms. The maximum Gasteiger partial charge on any atom is 0.134 e. The minimum absolute atomic E-state index is 0.408. The van der Waals surface area contributed by atoms with Crippen LogP contribution < -0.4 is 5.73 Å². The fraction of sp³-hybridized carbons (Fsp3) is 0.0667. The molecule has 0 atom stereocenters. The molecule has 3 heteroatoms. The van der Waals surface area contributed by atoms with Gasteiger partial charge in [-0.2, -0.15) is 0 Å². The summed E-state index contributed by atoms with van der Waals surface area (Å²) in [7, 11) is 0. The van der Waals surface area contributed by atoms with Crippen molar-refractivity contribution in [2.75, 3.05) is 0 Å². The Kier molecular flexibility index (Phi) is 2.82. The Morgan fingerprint density at radius 1 is 0.944 bits per heavy atom. The van der Waals surface area contributed by atoms with Crippen molar-refractivity contribution in [1.29, 1.82) is 0 Å².